The quantitative estimate of drug-likeness (QED) is 0.349. The van der Waals surface area contributed by atoms with Crippen LogP contribution in [0.25, 0.3) is 0 Å². The zero-order chi connectivity index (χ0) is 21.0. The van der Waals surface area contributed by atoms with Crippen LogP contribution in [0, 0.1) is 5.92 Å². The molecule has 0 saturated heterocycles. The summed E-state index contributed by atoms with van der Waals surface area (Å²) in [4.78, 5) is 11.3. The molecular weight excluding hydrogens is 360 g/mol. The molecule has 6 heteroatoms. The minimum atomic E-state index is -1.96. The third-order valence-electron chi connectivity index (χ3n) is 6.47. The van der Waals surface area contributed by atoms with Crippen LogP contribution in [0.1, 0.15) is 54.9 Å². The fourth-order valence-corrected chi connectivity index (χ4v) is 4.64. The lowest BCUT2D eigenvalue weighted by molar-refractivity contribution is -0.111. The number of aldehydes is 1. The summed E-state index contributed by atoms with van der Waals surface area (Å²) < 4.78 is 18.7. The summed E-state index contributed by atoms with van der Waals surface area (Å²) in [5, 5.41) is 0.266. The lowest BCUT2D eigenvalue weighted by Crippen LogP contribution is -2.49. The van der Waals surface area contributed by atoms with E-state index in [-0.39, 0.29) is 28.2 Å². The van der Waals surface area contributed by atoms with E-state index in [0.29, 0.717) is 13.0 Å². The molecule has 0 aromatic heterocycles. The van der Waals surface area contributed by atoms with Crippen molar-refractivity contribution >= 4 is 22.9 Å². The van der Waals surface area contributed by atoms with Crippen LogP contribution in [0.4, 0.5) is 0 Å². The van der Waals surface area contributed by atoms with Gasteiger partial charge in [-0.1, -0.05) is 48.5 Å². The highest BCUT2D eigenvalue weighted by Crippen LogP contribution is 2.39. The lowest BCUT2D eigenvalue weighted by atomic mass is 9.96. The summed E-state index contributed by atoms with van der Waals surface area (Å²) in [6.07, 6.45) is 1.14. The van der Waals surface area contributed by atoms with Gasteiger partial charge in [0.05, 0.1) is 18.8 Å². The number of methoxy groups -OCH3 is 1. The fraction of sp³-hybridized carbons (Fsp3) is 0.950. The van der Waals surface area contributed by atoms with Gasteiger partial charge in [0, 0.05) is 19.4 Å². The van der Waals surface area contributed by atoms with E-state index < -0.39 is 16.6 Å². The van der Waals surface area contributed by atoms with Gasteiger partial charge < -0.3 is 18.4 Å². The van der Waals surface area contributed by atoms with Crippen LogP contribution in [-0.4, -0.2) is 48.8 Å². The van der Waals surface area contributed by atoms with Gasteiger partial charge in [0.2, 0.25) is 0 Å². The van der Waals surface area contributed by atoms with E-state index in [9.17, 15) is 4.79 Å². The van der Waals surface area contributed by atoms with E-state index in [2.05, 4.69) is 74.7 Å². The van der Waals surface area contributed by atoms with Crippen molar-refractivity contribution in [1.82, 2.24) is 0 Å². The molecule has 0 rings (SSSR count). The average Bonchev–Trinajstić information content (AvgIpc) is 2.44. The van der Waals surface area contributed by atoms with Crippen LogP contribution in [0.2, 0.25) is 36.3 Å². The standard InChI is InChI=1S/C20H44O4Si2/c1-16(17(13-14-21)24-26(11,12)20(5,6)7)18(22-8)15-23-25(9,10)19(2,3)4/h14,16-18H,13,15H2,1-12H3/t16-,17-,18-/m0/s1. The smallest absolute Gasteiger partial charge is 0.192 e. The van der Waals surface area contributed by atoms with E-state index in [1.807, 2.05) is 0 Å². The second-order valence-corrected chi connectivity index (χ2v) is 20.1. The summed E-state index contributed by atoms with van der Waals surface area (Å²) >= 11 is 0. The van der Waals surface area contributed by atoms with Crippen molar-refractivity contribution in [3.8, 4) is 0 Å². The molecule has 0 aromatic carbocycles. The Morgan fingerprint density at radius 1 is 0.885 bits per heavy atom. The molecule has 156 valence electrons. The Kier molecular flexibility index (Phi) is 9.45. The van der Waals surface area contributed by atoms with Gasteiger partial charge in [-0.2, -0.15) is 0 Å². The summed E-state index contributed by atoms with van der Waals surface area (Å²) in [6, 6.07) is 0. The second-order valence-electron chi connectivity index (χ2n) is 10.5. The van der Waals surface area contributed by atoms with Crippen molar-refractivity contribution in [2.24, 2.45) is 5.92 Å². The molecule has 0 spiro atoms. The minimum Gasteiger partial charge on any atom is -0.414 e. The lowest BCUT2D eigenvalue weighted by Gasteiger charge is -2.42. The molecule has 0 saturated carbocycles. The molecule has 0 fully saturated rings. The van der Waals surface area contributed by atoms with E-state index in [1.54, 1.807) is 7.11 Å². The van der Waals surface area contributed by atoms with Crippen molar-refractivity contribution < 1.29 is 18.4 Å². The van der Waals surface area contributed by atoms with Crippen molar-refractivity contribution in [2.45, 2.75) is 103 Å². The molecule has 3 atom stereocenters. The van der Waals surface area contributed by atoms with E-state index in [4.69, 9.17) is 13.6 Å². The van der Waals surface area contributed by atoms with Gasteiger partial charge >= 0.3 is 0 Å². The zero-order valence-electron chi connectivity index (χ0n) is 19.4. The molecule has 0 heterocycles. The Balaban J connectivity index is 5.24. The Morgan fingerprint density at radius 2 is 1.35 bits per heavy atom. The Morgan fingerprint density at radius 3 is 1.69 bits per heavy atom. The summed E-state index contributed by atoms with van der Waals surface area (Å²) in [5.74, 6) is 0.0871. The number of hydrogen-bond donors (Lipinski definition) is 0. The number of carbonyl (C=O) groups is 1. The predicted molar refractivity (Wildman–Crippen MR) is 116 cm³/mol. The molecule has 0 amide bonds. The van der Waals surface area contributed by atoms with Crippen molar-refractivity contribution in [1.29, 1.82) is 0 Å². The van der Waals surface area contributed by atoms with Crippen LogP contribution in [0.3, 0.4) is 0 Å². The van der Waals surface area contributed by atoms with E-state index >= 15 is 0 Å². The molecule has 0 aliphatic carbocycles. The monoisotopic (exact) mass is 404 g/mol. The Bertz CT molecular complexity index is 436. The zero-order valence-corrected chi connectivity index (χ0v) is 21.4. The topological polar surface area (TPSA) is 44.8 Å². The third-order valence-corrected chi connectivity index (χ3v) is 15.5. The van der Waals surface area contributed by atoms with Gasteiger partial charge in [-0.15, -0.1) is 0 Å². The van der Waals surface area contributed by atoms with Crippen LogP contribution in [0.5, 0.6) is 0 Å². The molecule has 26 heavy (non-hydrogen) atoms. The van der Waals surface area contributed by atoms with Crippen LogP contribution in [0.15, 0.2) is 0 Å². The van der Waals surface area contributed by atoms with Crippen molar-refractivity contribution in [2.75, 3.05) is 13.7 Å². The maximum absolute atomic E-state index is 11.3. The third kappa shape index (κ3) is 7.19. The van der Waals surface area contributed by atoms with Crippen molar-refractivity contribution in [3.05, 3.63) is 0 Å². The van der Waals surface area contributed by atoms with Crippen LogP contribution >= 0.6 is 0 Å². The number of hydrogen-bond acceptors (Lipinski definition) is 4. The largest absolute Gasteiger partial charge is 0.414 e. The molecule has 0 aliphatic rings. The predicted octanol–water partition coefficient (Wildman–Crippen LogP) is 5.64. The van der Waals surface area contributed by atoms with Crippen LogP contribution in [-0.2, 0) is 18.4 Å². The highest BCUT2D eigenvalue weighted by molar-refractivity contribution is 6.74. The van der Waals surface area contributed by atoms with Gasteiger partial charge in [0.25, 0.3) is 0 Å². The summed E-state index contributed by atoms with van der Waals surface area (Å²) in [6.45, 7) is 25.0. The maximum atomic E-state index is 11.3. The second kappa shape index (κ2) is 9.46. The average molecular weight is 405 g/mol. The Hall–Kier alpha value is -0.0162. The first-order chi connectivity index (χ1) is 11.5. The van der Waals surface area contributed by atoms with Crippen molar-refractivity contribution in [3.63, 3.8) is 0 Å². The van der Waals surface area contributed by atoms with E-state index in [1.165, 1.54) is 0 Å². The van der Waals surface area contributed by atoms with Crippen LogP contribution < -0.4 is 0 Å². The van der Waals surface area contributed by atoms with Gasteiger partial charge in [-0.25, -0.2) is 0 Å². The highest BCUT2D eigenvalue weighted by atomic mass is 28.4. The number of ether oxygens (including phenoxy) is 1. The van der Waals surface area contributed by atoms with Gasteiger partial charge in [-0.05, 0) is 36.3 Å². The highest BCUT2D eigenvalue weighted by Gasteiger charge is 2.42. The first kappa shape index (κ1) is 26.0. The molecule has 0 aliphatic heterocycles. The van der Waals surface area contributed by atoms with Gasteiger partial charge in [-0.3, -0.25) is 0 Å². The maximum Gasteiger partial charge on any atom is 0.192 e. The first-order valence-corrected chi connectivity index (χ1v) is 15.6. The summed E-state index contributed by atoms with van der Waals surface area (Å²) in [7, 11) is -2.08. The fourth-order valence-electron chi connectivity index (χ4n) is 2.20. The minimum absolute atomic E-state index is 0.0844. The number of rotatable bonds is 10. The number of carbonyl (C=O) groups excluding carboxylic acids is 1. The normalized spacial score (nSPS) is 17.7. The molecular formula is C20H44O4Si2. The molecule has 0 radical (unpaired) electrons. The summed E-state index contributed by atoms with van der Waals surface area (Å²) in [5.41, 5.74) is 0. The van der Waals surface area contributed by atoms with E-state index in [0.717, 1.165) is 6.29 Å². The Labute approximate surface area is 164 Å². The SMILES string of the molecule is CO[C@@H](CO[Si](C)(C)C(C)(C)C)[C@@H](C)[C@H](CC=O)O[Si](C)(C)C(C)(C)C. The molecule has 4 nitrogen and oxygen atoms in total. The molecule has 0 bridgehead atoms. The van der Waals surface area contributed by atoms with Gasteiger partial charge in [0.1, 0.15) is 6.29 Å². The first-order valence-electron chi connectivity index (χ1n) is 9.78. The van der Waals surface area contributed by atoms with Gasteiger partial charge in [0.15, 0.2) is 16.6 Å². The molecule has 0 N–H and O–H groups in total. The molecule has 0 unspecified atom stereocenters. The molecule has 0 aromatic rings.